The van der Waals surface area contributed by atoms with Crippen molar-refractivity contribution in [2.75, 3.05) is 13.7 Å². The number of carbonyl (C=O) groups excluding carboxylic acids is 1. The highest BCUT2D eigenvalue weighted by molar-refractivity contribution is 9.10. The molecule has 9 heteroatoms. The first-order valence-corrected chi connectivity index (χ1v) is 11.7. The van der Waals surface area contributed by atoms with Crippen LogP contribution in [0.5, 0.6) is 0 Å². The van der Waals surface area contributed by atoms with Gasteiger partial charge in [-0.05, 0) is 68.9 Å². The van der Waals surface area contributed by atoms with E-state index in [9.17, 15) is 10.1 Å². The quantitative estimate of drug-likeness (QED) is 0.553. The van der Waals surface area contributed by atoms with E-state index >= 15 is 0 Å². The number of hydrogen-bond acceptors (Lipinski definition) is 8. The van der Waals surface area contributed by atoms with Crippen molar-refractivity contribution in [3.63, 3.8) is 0 Å². The van der Waals surface area contributed by atoms with Gasteiger partial charge < -0.3 is 15.4 Å². The molecule has 0 saturated heterocycles. The molecule has 2 heterocycles. The van der Waals surface area contributed by atoms with Gasteiger partial charge in [0.25, 0.3) is 0 Å². The van der Waals surface area contributed by atoms with Gasteiger partial charge >= 0.3 is 5.97 Å². The van der Waals surface area contributed by atoms with Gasteiger partial charge in [-0.15, -0.1) is 0 Å². The molecule has 2 aromatic rings. The van der Waals surface area contributed by atoms with Crippen LogP contribution in [0.15, 0.2) is 56.1 Å². The molecule has 0 saturated carbocycles. The number of amidine groups is 1. The molecule has 32 heavy (non-hydrogen) atoms. The van der Waals surface area contributed by atoms with E-state index in [0.29, 0.717) is 33.6 Å². The molecule has 0 radical (unpaired) electrons. The molecule has 0 bridgehead atoms. The van der Waals surface area contributed by atoms with Gasteiger partial charge in [-0.3, -0.25) is 0 Å². The first-order valence-electron chi connectivity index (χ1n) is 10.1. The monoisotopic (exact) mass is 513 g/mol. The molecule has 7 nitrogen and oxygen atoms in total. The van der Waals surface area contributed by atoms with Crippen LogP contribution in [0.25, 0.3) is 0 Å². The van der Waals surface area contributed by atoms with Crippen molar-refractivity contribution >= 4 is 38.8 Å². The number of carbonyl (C=O) groups is 1. The third-order valence-corrected chi connectivity index (χ3v) is 6.13. The average Bonchev–Trinajstić information content (AvgIpc) is 2.73. The van der Waals surface area contributed by atoms with E-state index in [1.54, 1.807) is 6.92 Å². The molecule has 1 aromatic carbocycles. The van der Waals surface area contributed by atoms with Gasteiger partial charge in [0, 0.05) is 22.4 Å². The largest absolute Gasteiger partial charge is 0.463 e. The number of ether oxygens (including phenoxy) is 1. The smallest absolute Gasteiger partial charge is 0.338 e. The summed E-state index contributed by atoms with van der Waals surface area (Å²) in [6.07, 6.45) is 0. The Labute approximate surface area is 200 Å². The molecule has 1 aliphatic heterocycles. The molecule has 2 N–H and O–H groups in total. The highest BCUT2D eigenvalue weighted by Gasteiger charge is 2.31. The number of nitrogens with one attached hydrogen (secondary N) is 2. The molecule has 0 spiro atoms. The standard InChI is InChI=1S/C23H24BrN5O2S/c1-5-31-22(30)19-14(3)28-23(29-20(19)15-7-6-8-17(24)10-15)32-21-18(11-25)16(12-26-4)9-13(2)27-21/h6-10,20,26H,5,12H2,1-4H3,(H,28,29)/t20-/m0/s1. The first-order chi connectivity index (χ1) is 15.4. The fourth-order valence-corrected chi connectivity index (χ4v) is 4.85. The number of pyridine rings is 1. The minimum Gasteiger partial charge on any atom is -0.463 e. The van der Waals surface area contributed by atoms with Gasteiger partial charge in [0.2, 0.25) is 0 Å². The number of nitrogens with zero attached hydrogens (tertiary/aromatic N) is 3. The van der Waals surface area contributed by atoms with Crippen LogP contribution >= 0.6 is 27.7 Å². The second kappa shape index (κ2) is 10.8. The van der Waals surface area contributed by atoms with Crippen molar-refractivity contribution in [2.45, 2.75) is 38.4 Å². The van der Waals surface area contributed by atoms with Gasteiger partial charge in [-0.2, -0.15) is 5.26 Å². The van der Waals surface area contributed by atoms with Crippen LogP contribution in [0, 0.1) is 18.3 Å². The summed E-state index contributed by atoms with van der Waals surface area (Å²) in [6, 6.07) is 11.3. The van der Waals surface area contributed by atoms with Crippen molar-refractivity contribution < 1.29 is 9.53 Å². The number of halogens is 1. The molecule has 0 aliphatic carbocycles. The summed E-state index contributed by atoms with van der Waals surface area (Å²) in [4.78, 5) is 22.1. The van der Waals surface area contributed by atoms with E-state index in [4.69, 9.17) is 9.73 Å². The van der Waals surface area contributed by atoms with E-state index in [1.807, 2.05) is 51.2 Å². The second-order valence-electron chi connectivity index (χ2n) is 7.12. The molecule has 166 valence electrons. The van der Waals surface area contributed by atoms with Gasteiger partial charge in [-0.25, -0.2) is 14.8 Å². The third kappa shape index (κ3) is 5.38. The lowest BCUT2D eigenvalue weighted by Gasteiger charge is -2.26. The number of hydrogen-bond donors (Lipinski definition) is 2. The molecule has 0 amide bonds. The minimum absolute atomic E-state index is 0.277. The zero-order valence-corrected chi connectivity index (χ0v) is 20.7. The van der Waals surface area contributed by atoms with E-state index in [-0.39, 0.29) is 6.61 Å². The van der Waals surface area contributed by atoms with Gasteiger partial charge in [0.15, 0.2) is 5.17 Å². The lowest BCUT2D eigenvalue weighted by molar-refractivity contribution is -0.138. The summed E-state index contributed by atoms with van der Waals surface area (Å²) in [5.74, 6) is -0.405. The summed E-state index contributed by atoms with van der Waals surface area (Å²) in [6.45, 7) is 6.34. The lowest BCUT2D eigenvalue weighted by atomic mass is 9.97. The molecule has 1 aliphatic rings. The second-order valence-corrected chi connectivity index (χ2v) is 9.02. The highest BCUT2D eigenvalue weighted by atomic mass is 79.9. The van der Waals surface area contributed by atoms with E-state index in [0.717, 1.165) is 21.3 Å². The number of esters is 1. The molecular formula is C23H24BrN5O2S. The van der Waals surface area contributed by atoms with Gasteiger partial charge in [-0.1, -0.05) is 28.1 Å². The Balaban J connectivity index is 2.05. The van der Waals surface area contributed by atoms with E-state index < -0.39 is 12.0 Å². The number of allylic oxidation sites excluding steroid dienone is 1. The van der Waals surface area contributed by atoms with Crippen LogP contribution in [0.2, 0.25) is 0 Å². The summed E-state index contributed by atoms with van der Waals surface area (Å²) >= 11 is 4.78. The maximum Gasteiger partial charge on any atom is 0.338 e. The van der Waals surface area contributed by atoms with E-state index in [1.165, 1.54) is 11.8 Å². The fourth-order valence-electron chi connectivity index (χ4n) is 3.42. The van der Waals surface area contributed by atoms with Crippen molar-refractivity contribution in [2.24, 2.45) is 4.99 Å². The van der Waals surface area contributed by atoms with Gasteiger partial charge in [0.05, 0.1) is 17.7 Å². The zero-order chi connectivity index (χ0) is 23.3. The molecule has 0 unspecified atom stereocenters. The summed E-state index contributed by atoms with van der Waals surface area (Å²) in [5.41, 5.74) is 4.18. The van der Waals surface area contributed by atoms with Crippen molar-refractivity contribution in [3.8, 4) is 6.07 Å². The van der Waals surface area contributed by atoms with Crippen molar-refractivity contribution in [1.29, 1.82) is 5.26 Å². The molecule has 3 rings (SSSR count). The predicted molar refractivity (Wildman–Crippen MR) is 129 cm³/mol. The Morgan fingerprint density at radius 3 is 2.81 bits per heavy atom. The molecule has 0 fully saturated rings. The molecule has 1 aromatic heterocycles. The van der Waals surface area contributed by atoms with Crippen LogP contribution in [0.3, 0.4) is 0 Å². The van der Waals surface area contributed by atoms with Crippen LogP contribution in [0.4, 0.5) is 0 Å². The van der Waals surface area contributed by atoms with Crippen LogP contribution in [0.1, 0.15) is 42.3 Å². The maximum absolute atomic E-state index is 12.7. The number of nitriles is 1. The fraction of sp³-hybridized carbons (Fsp3) is 0.304. The summed E-state index contributed by atoms with van der Waals surface area (Å²) in [5, 5.41) is 17.2. The van der Waals surface area contributed by atoms with Crippen molar-refractivity contribution in [1.82, 2.24) is 15.6 Å². The first kappa shape index (κ1) is 24.0. The number of rotatable bonds is 6. The van der Waals surface area contributed by atoms with Crippen LogP contribution in [-0.4, -0.2) is 29.8 Å². The SMILES string of the molecule is CCOC(=O)C1=C(C)NC(Sc2nc(C)cc(CNC)c2C#N)=N[C@H]1c1cccc(Br)c1. The minimum atomic E-state index is -0.539. The summed E-state index contributed by atoms with van der Waals surface area (Å²) < 4.78 is 6.19. The summed E-state index contributed by atoms with van der Waals surface area (Å²) in [7, 11) is 1.84. The topological polar surface area (TPSA) is 99.4 Å². The Hall–Kier alpha value is -2.67. The molecular weight excluding hydrogens is 490 g/mol. The number of aromatic nitrogens is 1. The Morgan fingerprint density at radius 1 is 1.38 bits per heavy atom. The highest BCUT2D eigenvalue weighted by Crippen LogP contribution is 2.35. The third-order valence-electron chi connectivity index (χ3n) is 4.75. The number of aliphatic imine (C=N–C) groups is 1. The Morgan fingerprint density at radius 2 is 2.16 bits per heavy atom. The van der Waals surface area contributed by atoms with Crippen LogP contribution < -0.4 is 10.6 Å². The number of aryl methyl sites for hydroxylation is 1. The Kier molecular flexibility index (Phi) is 8.07. The Bertz CT molecular complexity index is 1140. The van der Waals surface area contributed by atoms with Gasteiger partial charge in [0.1, 0.15) is 17.1 Å². The average molecular weight is 514 g/mol. The molecule has 1 atom stereocenters. The van der Waals surface area contributed by atoms with Crippen molar-refractivity contribution in [3.05, 3.63) is 68.5 Å². The predicted octanol–water partition coefficient (Wildman–Crippen LogP) is 4.37. The number of thioether (sulfide) groups is 1. The lowest BCUT2D eigenvalue weighted by Crippen LogP contribution is -2.30. The van der Waals surface area contributed by atoms with Crippen LogP contribution in [-0.2, 0) is 16.1 Å². The zero-order valence-electron chi connectivity index (χ0n) is 18.3. The normalized spacial score (nSPS) is 15.6. The maximum atomic E-state index is 12.7. The number of benzene rings is 1. The van der Waals surface area contributed by atoms with E-state index in [2.05, 4.69) is 37.6 Å².